The molecule has 8 nitrogen and oxygen atoms in total. The molecule has 0 aromatic heterocycles. The van der Waals surface area contributed by atoms with E-state index in [-0.39, 0.29) is 29.1 Å². The average Bonchev–Trinajstić information content (AvgIpc) is 2.75. The molecule has 1 saturated heterocycles. The van der Waals surface area contributed by atoms with Gasteiger partial charge in [-0.15, -0.1) is 0 Å². The molecule has 2 aromatic rings. The fraction of sp³-hybridized carbons (Fsp3) is 0.381. The number of morpholine rings is 1. The first-order valence-corrected chi connectivity index (χ1v) is 11.7. The van der Waals surface area contributed by atoms with Crippen molar-refractivity contribution >= 4 is 33.2 Å². The molecular formula is C21H26ClN3O5S. The van der Waals surface area contributed by atoms with Crippen LogP contribution < -0.4 is 14.8 Å². The van der Waals surface area contributed by atoms with E-state index in [1.165, 1.54) is 32.2 Å². The Morgan fingerprint density at radius 3 is 2.58 bits per heavy atom. The molecule has 0 bridgehead atoms. The minimum absolute atomic E-state index is 0.0249. The minimum Gasteiger partial charge on any atom is -0.495 e. The average molecular weight is 468 g/mol. The lowest BCUT2D eigenvalue weighted by Crippen LogP contribution is -2.43. The summed E-state index contributed by atoms with van der Waals surface area (Å²) in [6, 6.07) is 11.5. The maximum atomic E-state index is 13.0. The van der Waals surface area contributed by atoms with Crippen LogP contribution in [0.15, 0.2) is 47.4 Å². The van der Waals surface area contributed by atoms with E-state index < -0.39 is 10.0 Å². The summed E-state index contributed by atoms with van der Waals surface area (Å²) >= 11 is 6.42. The second-order valence-corrected chi connectivity index (χ2v) is 9.25. The molecule has 10 heteroatoms. The van der Waals surface area contributed by atoms with Crippen LogP contribution in [0.1, 0.15) is 18.5 Å². The Kier molecular flexibility index (Phi) is 7.90. The summed E-state index contributed by atoms with van der Waals surface area (Å²) in [7, 11) is -2.41. The van der Waals surface area contributed by atoms with Crippen LogP contribution in [0.2, 0.25) is 5.02 Å². The number of methoxy groups -OCH3 is 1. The van der Waals surface area contributed by atoms with Crippen LogP contribution in [0.5, 0.6) is 5.75 Å². The maximum absolute atomic E-state index is 13.0. The standard InChI is InChI=1S/C21H26ClN3O5S/c1-15(26)24-19-13-16(7-8-21(19)29-2)31(27,28)23-14-20(25-9-11-30-12-10-25)17-5-3-4-6-18(17)22/h3-8,13,20,23H,9-12,14H2,1-2H3,(H,24,26). The summed E-state index contributed by atoms with van der Waals surface area (Å²) in [5.41, 5.74) is 1.14. The molecule has 0 aliphatic carbocycles. The number of ether oxygens (including phenoxy) is 2. The molecule has 2 aromatic carbocycles. The van der Waals surface area contributed by atoms with Crippen molar-refractivity contribution in [3.05, 3.63) is 53.1 Å². The lowest BCUT2D eigenvalue weighted by molar-refractivity contribution is -0.114. The lowest BCUT2D eigenvalue weighted by atomic mass is 10.0. The molecule has 1 atom stereocenters. The van der Waals surface area contributed by atoms with Crippen LogP contribution in [0.4, 0.5) is 5.69 Å². The molecule has 1 heterocycles. The first-order valence-electron chi connectivity index (χ1n) is 9.83. The van der Waals surface area contributed by atoms with Crippen molar-refractivity contribution in [1.82, 2.24) is 9.62 Å². The zero-order valence-corrected chi connectivity index (χ0v) is 19.0. The Hall–Kier alpha value is -2.17. The van der Waals surface area contributed by atoms with E-state index in [1.54, 1.807) is 6.07 Å². The van der Waals surface area contributed by atoms with Crippen molar-refractivity contribution in [1.29, 1.82) is 0 Å². The van der Waals surface area contributed by atoms with Gasteiger partial charge in [0, 0.05) is 37.6 Å². The van der Waals surface area contributed by atoms with E-state index >= 15 is 0 Å². The number of benzene rings is 2. The third-order valence-corrected chi connectivity index (χ3v) is 6.77. The van der Waals surface area contributed by atoms with Gasteiger partial charge in [-0.25, -0.2) is 13.1 Å². The first-order chi connectivity index (χ1) is 14.8. The fourth-order valence-corrected chi connectivity index (χ4v) is 4.81. The predicted molar refractivity (Wildman–Crippen MR) is 119 cm³/mol. The maximum Gasteiger partial charge on any atom is 0.240 e. The van der Waals surface area contributed by atoms with Crippen LogP contribution >= 0.6 is 11.6 Å². The van der Waals surface area contributed by atoms with Crippen molar-refractivity contribution in [3.8, 4) is 5.75 Å². The first kappa shape index (κ1) is 23.5. The van der Waals surface area contributed by atoms with Crippen molar-refractivity contribution < 1.29 is 22.7 Å². The molecule has 1 fully saturated rings. The molecule has 31 heavy (non-hydrogen) atoms. The molecule has 0 radical (unpaired) electrons. The molecule has 1 amide bonds. The molecule has 0 saturated carbocycles. The molecule has 168 valence electrons. The number of amides is 1. The van der Waals surface area contributed by atoms with E-state index in [1.807, 2.05) is 18.2 Å². The number of sulfonamides is 1. The number of rotatable bonds is 8. The number of halogens is 1. The van der Waals surface area contributed by atoms with Gasteiger partial charge in [0.2, 0.25) is 15.9 Å². The molecule has 2 N–H and O–H groups in total. The number of carbonyl (C=O) groups is 1. The summed E-state index contributed by atoms with van der Waals surface area (Å²) in [4.78, 5) is 13.6. The molecule has 1 unspecified atom stereocenters. The van der Waals surface area contributed by atoms with Crippen molar-refractivity contribution in [3.63, 3.8) is 0 Å². The molecule has 0 spiro atoms. The molecule has 1 aliphatic rings. The highest BCUT2D eigenvalue weighted by Crippen LogP contribution is 2.30. The third-order valence-electron chi connectivity index (χ3n) is 5.01. The van der Waals surface area contributed by atoms with Crippen LogP contribution in [0.3, 0.4) is 0 Å². The fourth-order valence-electron chi connectivity index (χ4n) is 3.48. The number of hydrogen-bond donors (Lipinski definition) is 2. The number of hydrogen-bond acceptors (Lipinski definition) is 6. The van der Waals surface area contributed by atoms with Gasteiger partial charge in [-0.05, 0) is 29.8 Å². The van der Waals surface area contributed by atoms with Gasteiger partial charge in [0.15, 0.2) is 0 Å². The van der Waals surface area contributed by atoms with Gasteiger partial charge in [0.1, 0.15) is 5.75 Å². The van der Waals surface area contributed by atoms with Gasteiger partial charge in [-0.2, -0.15) is 0 Å². The number of nitrogens with one attached hydrogen (secondary N) is 2. The minimum atomic E-state index is -3.86. The third kappa shape index (κ3) is 5.96. The van der Waals surface area contributed by atoms with Crippen LogP contribution in [0, 0.1) is 0 Å². The molecule has 1 aliphatic heterocycles. The smallest absolute Gasteiger partial charge is 0.240 e. The summed E-state index contributed by atoms with van der Waals surface area (Å²) in [5.74, 6) is 0.0447. The van der Waals surface area contributed by atoms with E-state index in [4.69, 9.17) is 21.1 Å². The Morgan fingerprint density at radius 1 is 1.23 bits per heavy atom. The van der Waals surface area contributed by atoms with Crippen molar-refractivity contribution in [2.75, 3.05) is 45.3 Å². The Morgan fingerprint density at radius 2 is 1.94 bits per heavy atom. The zero-order valence-electron chi connectivity index (χ0n) is 17.4. The quantitative estimate of drug-likeness (QED) is 0.619. The van der Waals surface area contributed by atoms with E-state index in [0.717, 1.165) is 5.56 Å². The van der Waals surface area contributed by atoms with Gasteiger partial charge in [0.05, 0.1) is 30.9 Å². The molecular weight excluding hydrogens is 442 g/mol. The summed E-state index contributed by atoms with van der Waals surface area (Å²) < 4.78 is 39.4. The normalized spacial score (nSPS) is 16.0. The zero-order chi connectivity index (χ0) is 22.4. The van der Waals surface area contributed by atoms with Crippen LogP contribution in [-0.4, -0.2) is 59.2 Å². The SMILES string of the molecule is COc1ccc(S(=O)(=O)NCC(c2ccccc2Cl)N2CCOCC2)cc1NC(C)=O. The highest BCUT2D eigenvalue weighted by Gasteiger charge is 2.27. The van der Waals surface area contributed by atoms with Gasteiger partial charge in [0.25, 0.3) is 0 Å². The summed E-state index contributed by atoms with van der Waals surface area (Å²) in [6.07, 6.45) is 0. The van der Waals surface area contributed by atoms with E-state index in [2.05, 4.69) is 14.9 Å². The second-order valence-electron chi connectivity index (χ2n) is 7.08. The Labute approximate surface area is 187 Å². The highest BCUT2D eigenvalue weighted by atomic mass is 35.5. The topological polar surface area (TPSA) is 97.0 Å². The van der Waals surface area contributed by atoms with E-state index in [0.29, 0.717) is 37.1 Å². The van der Waals surface area contributed by atoms with Gasteiger partial charge < -0.3 is 14.8 Å². The van der Waals surface area contributed by atoms with Crippen molar-refractivity contribution in [2.45, 2.75) is 17.9 Å². The Balaban J connectivity index is 1.85. The highest BCUT2D eigenvalue weighted by molar-refractivity contribution is 7.89. The number of carbonyl (C=O) groups excluding carboxylic acids is 1. The molecule has 3 rings (SSSR count). The summed E-state index contributed by atoms with van der Waals surface area (Å²) in [5, 5.41) is 3.17. The summed E-state index contributed by atoms with van der Waals surface area (Å²) in [6.45, 7) is 3.97. The van der Waals surface area contributed by atoms with Gasteiger partial charge in [-0.1, -0.05) is 29.8 Å². The van der Waals surface area contributed by atoms with E-state index in [9.17, 15) is 13.2 Å². The number of anilines is 1. The monoisotopic (exact) mass is 467 g/mol. The Bertz CT molecular complexity index is 1030. The van der Waals surface area contributed by atoms with Gasteiger partial charge >= 0.3 is 0 Å². The number of nitrogens with zero attached hydrogens (tertiary/aromatic N) is 1. The predicted octanol–water partition coefficient (Wildman–Crippen LogP) is 2.66. The lowest BCUT2D eigenvalue weighted by Gasteiger charge is -2.35. The van der Waals surface area contributed by atoms with Crippen LogP contribution in [0.25, 0.3) is 0 Å². The van der Waals surface area contributed by atoms with Crippen LogP contribution in [-0.2, 0) is 19.6 Å². The second kappa shape index (κ2) is 10.4. The largest absolute Gasteiger partial charge is 0.495 e. The van der Waals surface area contributed by atoms with Crippen molar-refractivity contribution in [2.24, 2.45) is 0 Å². The van der Waals surface area contributed by atoms with Gasteiger partial charge in [-0.3, -0.25) is 9.69 Å².